The van der Waals surface area contributed by atoms with Crippen molar-refractivity contribution in [2.75, 3.05) is 6.54 Å². The highest BCUT2D eigenvalue weighted by Gasteiger charge is 2.16. The van der Waals surface area contributed by atoms with Crippen LogP contribution in [0.4, 0.5) is 8.78 Å². The minimum absolute atomic E-state index is 0.0456. The number of nitrogens with one attached hydrogen (secondary N) is 1. The van der Waals surface area contributed by atoms with E-state index >= 15 is 0 Å². The topological polar surface area (TPSA) is 66.4 Å². The molecule has 1 atom stereocenters. The van der Waals surface area contributed by atoms with Crippen molar-refractivity contribution in [3.05, 3.63) is 35.4 Å². The van der Waals surface area contributed by atoms with E-state index in [1.807, 2.05) is 0 Å². The second kappa shape index (κ2) is 6.20. The quantitative estimate of drug-likeness (QED) is 0.760. The number of benzene rings is 1. The van der Waals surface area contributed by atoms with Gasteiger partial charge >= 0.3 is 5.97 Å². The molecule has 98 valence electrons. The number of ketones is 1. The average molecular weight is 257 g/mol. The largest absolute Gasteiger partial charge is 0.481 e. The van der Waals surface area contributed by atoms with E-state index in [9.17, 15) is 18.4 Å². The van der Waals surface area contributed by atoms with Gasteiger partial charge in [0.1, 0.15) is 0 Å². The Morgan fingerprint density at radius 3 is 2.56 bits per heavy atom. The molecule has 0 fully saturated rings. The van der Waals surface area contributed by atoms with E-state index in [2.05, 4.69) is 5.32 Å². The molecule has 0 aliphatic rings. The van der Waals surface area contributed by atoms with E-state index < -0.39 is 29.4 Å². The lowest BCUT2D eigenvalue weighted by Crippen LogP contribution is -2.35. The third-order valence-electron chi connectivity index (χ3n) is 2.39. The predicted molar refractivity (Wildman–Crippen MR) is 60.4 cm³/mol. The van der Waals surface area contributed by atoms with E-state index in [1.54, 1.807) is 0 Å². The number of halogens is 2. The molecule has 0 bridgehead atoms. The first-order valence-corrected chi connectivity index (χ1v) is 5.36. The minimum atomic E-state index is -1.08. The van der Waals surface area contributed by atoms with E-state index in [1.165, 1.54) is 13.0 Å². The van der Waals surface area contributed by atoms with E-state index in [0.717, 1.165) is 12.1 Å². The summed E-state index contributed by atoms with van der Waals surface area (Å²) in [6.07, 6.45) is -0.116. The number of hydrogen-bond donors (Lipinski definition) is 2. The number of carboxylic acids is 1. The van der Waals surface area contributed by atoms with Gasteiger partial charge in [-0.05, 0) is 25.1 Å². The molecule has 0 saturated heterocycles. The summed E-state index contributed by atoms with van der Waals surface area (Å²) < 4.78 is 25.6. The monoisotopic (exact) mass is 257 g/mol. The number of carbonyl (C=O) groups excluding carboxylic acids is 1. The van der Waals surface area contributed by atoms with E-state index in [4.69, 9.17) is 5.11 Å². The Morgan fingerprint density at radius 2 is 2.00 bits per heavy atom. The van der Waals surface area contributed by atoms with E-state index in [0.29, 0.717) is 0 Å². The Hall–Kier alpha value is -1.82. The molecule has 0 aromatic heterocycles. The third kappa shape index (κ3) is 3.89. The van der Waals surface area contributed by atoms with Crippen molar-refractivity contribution in [2.24, 2.45) is 0 Å². The van der Waals surface area contributed by atoms with Crippen molar-refractivity contribution in [2.45, 2.75) is 19.4 Å². The smallest absolute Gasteiger partial charge is 0.304 e. The zero-order chi connectivity index (χ0) is 13.7. The summed E-state index contributed by atoms with van der Waals surface area (Å²) in [6, 6.07) is 2.24. The molecule has 1 rings (SSSR count). The SMILES string of the molecule is CC(NCCC(=O)O)C(=O)c1ccc(F)c(F)c1. The highest BCUT2D eigenvalue weighted by atomic mass is 19.2. The lowest BCUT2D eigenvalue weighted by Gasteiger charge is -2.12. The first-order valence-electron chi connectivity index (χ1n) is 5.36. The summed E-state index contributed by atoms with van der Waals surface area (Å²) in [5, 5.41) is 11.1. The number of hydrogen-bond acceptors (Lipinski definition) is 3. The molecule has 6 heteroatoms. The van der Waals surface area contributed by atoms with Gasteiger partial charge in [-0.3, -0.25) is 9.59 Å². The van der Waals surface area contributed by atoms with Crippen molar-refractivity contribution in [3.8, 4) is 0 Å². The first kappa shape index (κ1) is 14.2. The molecule has 1 aromatic rings. The van der Waals surface area contributed by atoms with Crippen LogP contribution in [-0.4, -0.2) is 29.4 Å². The Morgan fingerprint density at radius 1 is 1.33 bits per heavy atom. The third-order valence-corrected chi connectivity index (χ3v) is 2.39. The number of Topliss-reactive ketones (excluding diaryl/α,β-unsaturated/α-hetero) is 1. The molecule has 18 heavy (non-hydrogen) atoms. The summed E-state index contributed by atoms with van der Waals surface area (Å²) in [4.78, 5) is 22.1. The lowest BCUT2D eigenvalue weighted by atomic mass is 10.1. The maximum absolute atomic E-state index is 12.9. The Balaban J connectivity index is 2.62. The zero-order valence-electron chi connectivity index (χ0n) is 9.74. The van der Waals surface area contributed by atoms with Gasteiger partial charge in [-0.2, -0.15) is 0 Å². The van der Waals surface area contributed by atoms with Crippen LogP contribution in [0.3, 0.4) is 0 Å². The fourth-order valence-electron chi connectivity index (χ4n) is 1.39. The van der Waals surface area contributed by atoms with Gasteiger partial charge in [0, 0.05) is 12.1 Å². The Labute approximate surface area is 103 Å². The Bertz CT molecular complexity index is 463. The van der Waals surface area contributed by atoms with Crippen LogP contribution in [0, 0.1) is 11.6 Å². The number of aliphatic carboxylic acids is 1. The van der Waals surface area contributed by atoms with Crippen LogP contribution < -0.4 is 5.32 Å². The van der Waals surface area contributed by atoms with Gasteiger partial charge in [0.2, 0.25) is 0 Å². The molecular weight excluding hydrogens is 244 g/mol. The van der Waals surface area contributed by atoms with Crippen LogP contribution in [0.25, 0.3) is 0 Å². The molecule has 1 aromatic carbocycles. The normalized spacial score (nSPS) is 12.2. The zero-order valence-corrected chi connectivity index (χ0v) is 9.74. The molecule has 0 spiro atoms. The van der Waals surface area contributed by atoms with Gasteiger partial charge in [-0.25, -0.2) is 8.78 Å². The number of rotatable bonds is 6. The van der Waals surface area contributed by atoms with Crippen LogP contribution >= 0.6 is 0 Å². The second-order valence-electron chi connectivity index (χ2n) is 3.81. The molecule has 0 aliphatic carbocycles. The molecular formula is C12H13F2NO3. The van der Waals surface area contributed by atoms with Crippen LogP contribution in [0.15, 0.2) is 18.2 Å². The molecule has 0 radical (unpaired) electrons. The van der Waals surface area contributed by atoms with E-state index in [-0.39, 0.29) is 18.5 Å². The molecule has 0 amide bonds. The van der Waals surface area contributed by atoms with Crippen molar-refractivity contribution in [1.82, 2.24) is 5.32 Å². The molecule has 2 N–H and O–H groups in total. The summed E-state index contributed by atoms with van der Waals surface area (Å²) in [5.41, 5.74) is 0.0456. The number of carbonyl (C=O) groups is 2. The van der Waals surface area contributed by atoms with Crippen LogP contribution in [0.1, 0.15) is 23.7 Å². The summed E-state index contributed by atoms with van der Waals surface area (Å²) in [7, 11) is 0. The molecule has 0 saturated carbocycles. The van der Waals surface area contributed by atoms with Crippen molar-refractivity contribution < 1.29 is 23.5 Å². The second-order valence-corrected chi connectivity index (χ2v) is 3.81. The molecule has 0 aliphatic heterocycles. The highest BCUT2D eigenvalue weighted by Crippen LogP contribution is 2.10. The van der Waals surface area contributed by atoms with Crippen molar-refractivity contribution >= 4 is 11.8 Å². The van der Waals surface area contributed by atoms with Gasteiger partial charge in [0.15, 0.2) is 17.4 Å². The van der Waals surface area contributed by atoms with Gasteiger partial charge in [0.25, 0.3) is 0 Å². The van der Waals surface area contributed by atoms with Gasteiger partial charge in [-0.1, -0.05) is 0 Å². The van der Waals surface area contributed by atoms with Gasteiger partial charge in [-0.15, -0.1) is 0 Å². The van der Waals surface area contributed by atoms with Crippen LogP contribution in [0.5, 0.6) is 0 Å². The average Bonchev–Trinajstić information content (AvgIpc) is 2.31. The van der Waals surface area contributed by atoms with Crippen LogP contribution in [-0.2, 0) is 4.79 Å². The fourth-order valence-corrected chi connectivity index (χ4v) is 1.39. The predicted octanol–water partition coefficient (Wildman–Crippen LogP) is 1.60. The van der Waals surface area contributed by atoms with Gasteiger partial charge in [0.05, 0.1) is 12.5 Å². The molecule has 0 heterocycles. The van der Waals surface area contributed by atoms with Gasteiger partial charge < -0.3 is 10.4 Å². The molecule has 1 unspecified atom stereocenters. The Kier molecular flexibility index (Phi) is 4.91. The maximum Gasteiger partial charge on any atom is 0.304 e. The summed E-state index contributed by atoms with van der Waals surface area (Å²) >= 11 is 0. The van der Waals surface area contributed by atoms with Crippen molar-refractivity contribution in [3.63, 3.8) is 0 Å². The highest BCUT2D eigenvalue weighted by molar-refractivity contribution is 5.99. The summed E-state index contributed by atoms with van der Waals surface area (Å²) in [5.74, 6) is -3.49. The minimum Gasteiger partial charge on any atom is -0.481 e. The standard InChI is InChI=1S/C12H13F2NO3/c1-7(15-5-4-11(16)17)12(18)8-2-3-9(13)10(14)6-8/h2-3,6-7,15H,4-5H2,1H3,(H,16,17). The lowest BCUT2D eigenvalue weighted by molar-refractivity contribution is -0.136. The summed E-state index contributed by atoms with van der Waals surface area (Å²) in [6.45, 7) is 1.66. The first-order chi connectivity index (χ1) is 8.41. The fraction of sp³-hybridized carbons (Fsp3) is 0.333. The maximum atomic E-state index is 12.9. The van der Waals surface area contributed by atoms with Crippen molar-refractivity contribution in [1.29, 1.82) is 0 Å². The van der Waals surface area contributed by atoms with Crippen LogP contribution in [0.2, 0.25) is 0 Å². The number of carboxylic acid groups (broad SMARTS) is 1. The molecule has 4 nitrogen and oxygen atoms in total.